The number of hydrogen-bond donors (Lipinski definition) is 1. The predicted octanol–water partition coefficient (Wildman–Crippen LogP) is 2.95. The average molecular weight is 318 g/mol. The minimum Gasteiger partial charge on any atom is -0.495 e. The fourth-order valence-electron chi connectivity index (χ4n) is 2.12. The van der Waals surface area contributed by atoms with E-state index in [1.807, 2.05) is 0 Å². The Morgan fingerprint density at radius 2 is 1.95 bits per heavy atom. The van der Waals surface area contributed by atoms with Crippen LogP contribution in [0.2, 0.25) is 0 Å². The molecular weight excluding hydrogens is 304 g/mol. The van der Waals surface area contributed by atoms with Gasteiger partial charge < -0.3 is 9.15 Å². The molecule has 0 bridgehead atoms. The Kier molecular flexibility index (Phi) is 3.50. The first-order valence-corrected chi connectivity index (χ1v) is 8.01. The first-order valence-electron chi connectivity index (χ1n) is 6.52. The molecule has 0 spiro atoms. The average Bonchev–Trinajstić information content (AvgIpc) is 2.86. The monoisotopic (exact) mass is 318 g/mol. The van der Waals surface area contributed by atoms with Gasteiger partial charge in [0.2, 0.25) is 0 Å². The molecule has 0 fully saturated rings. The summed E-state index contributed by atoms with van der Waals surface area (Å²) in [6.45, 7) is 1.71. The highest BCUT2D eigenvalue weighted by Gasteiger charge is 2.18. The number of nitrogens with one attached hydrogen (secondary N) is 1. The van der Waals surface area contributed by atoms with Crippen molar-refractivity contribution in [2.75, 3.05) is 11.8 Å². The zero-order chi connectivity index (χ0) is 15.7. The van der Waals surface area contributed by atoms with Crippen molar-refractivity contribution in [3.05, 3.63) is 48.4 Å². The molecule has 0 atom stereocenters. The molecule has 22 heavy (non-hydrogen) atoms. The summed E-state index contributed by atoms with van der Waals surface area (Å²) >= 11 is 0. The summed E-state index contributed by atoms with van der Waals surface area (Å²) in [7, 11) is -2.26. The maximum atomic E-state index is 12.5. The van der Waals surface area contributed by atoms with E-state index >= 15 is 0 Å². The van der Waals surface area contributed by atoms with Crippen LogP contribution < -0.4 is 9.46 Å². The summed E-state index contributed by atoms with van der Waals surface area (Å²) in [5.41, 5.74) is 1.42. The number of aryl methyl sites for hydroxylation is 1. The van der Waals surface area contributed by atoms with Crippen LogP contribution in [-0.4, -0.2) is 20.5 Å². The molecule has 2 aromatic carbocycles. The van der Waals surface area contributed by atoms with Crippen LogP contribution in [0.1, 0.15) is 5.89 Å². The number of oxazole rings is 1. The van der Waals surface area contributed by atoms with E-state index in [-0.39, 0.29) is 4.90 Å². The number of methoxy groups -OCH3 is 1. The number of ether oxygens (including phenoxy) is 1. The third-order valence-corrected chi connectivity index (χ3v) is 4.49. The Labute approximate surface area is 127 Å². The summed E-state index contributed by atoms with van der Waals surface area (Å²) in [6, 6.07) is 11.4. The smallest absolute Gasteiger partial charge is 0.262 e. The van der Waals surface area contributed by atoms with E-state index in [9.17, 15) is 8.42 Å². The van der Waals surface area contributed by atoms with Crippen molar-refractivity contribution in [1.29, 1.82) is 0 Å². The number of hydrogen-bond acceptors (Lipinski definition) is 5. The molecule has 0 aliphatic carbocycles. The molecule has 0 saturated heterocycles. The first-order chi connectivity index (χ1) is 10.5. The zero-order valence-corrected chi connectivity index (χ0v) is 12.8. The van der Waals surface area contributed by atoms with Gasteiger partial charge in [-0.3, -0.25) is 4.72 Å². The molecule has 0 unspecified atom stereocenters. The van der Waals surface area contributed by atoms with E-state index in [0.29, 0.717) is 28.4 Å². The molecular formula is C15H14N2O4S. The largest absolute Gasteiger partial charge is 0.495 e. The van der Waals surface area contributed by atoms with Crippen molar-refractivity contribution < 1.29 is 17.6 Å². The van der Waals surface area contributed by atoms with Gasteiger partial charge >= 0.3 is 0 Å². The summed E-state index contributed by atoms with van der Waals surface area (Å²) in [5, 5.41) is 0. The Morgan fingerprint density at radius 1 is 1.18 bits per heavy atom. The lowest BCUT2D eigenvalue weighted by atomic mass is 10.3. The van der Waals surface area contributed by atoms with Gasteiger partial charge in [-0.15, -0.1) is 0 Å². The minimum absolute atomic E-state index is 0.0991. The van der Waals surface area contributed by atoms with Gasteiger partial charge in [0.15, 0.2) is 11.5 Å². The topological polar surface area (TPSA) is 81.4 Å². The number of anilines is 1. The van der Waals surface area contributed by atoms with Crippen molar-refractivity contribution in [3.63, 3.8) is 0 Å². The number of para-hydroxylation sites is 2. The van der Waals surface area contributed by atoms with Gasteiger partial charge in [-0.1, -0.05) is 12.1 Å². The third kappa shape index (κ3) is 2.62. The van der Waals surface area contributed by atoms with Gasteiger partial charge in [0.25, 0.3) is 10.0 Å². The molecule has 1 heterocycles. The molecule has 1 N–H and O–H groups in total. The standard InChI is InChI=1S/C15H14N2O4S/c1-10-16-12-8-7-11(9-15(12)21-10)22(18,19)17-13-5-3-4-6-14(13)20-2/h3-9,17H,1-2H3. The van der Waals surface area contributed by atoms with E-state index in [1.54, 1.807) is 37.3 Å². The van der Waals surface area contributed by atoms with Crippen molar-refractivity contribution >= 4 is 26.8 Å². The highest BCUT2D eigenvalue weighted by molar-refractivity contribution is 7.92. The molecule has 0 radical (unpaired) electrons. The van der Waals surface area contributed by atoms with Gasteiger partial charge in [-0.25, -0.2) is 13.4 Å². The van der Waals surface area contributed by atoms with E-state index in [0.717, 1.165) is 0 Å². The second kappa shape index (κ2) is 5.34. The maximum absolute atomic E-state index is 12.5. The van der Waals surface area contributed by atoms with E-state index in [2.05, 4.69) is 9.71 Å². The van der Waals surface area contributed by atoms with Gasteiger partial charge in [0.1, 0.15) is 11.3 Å². The van der Waals surface area contributed by atoms with Crippen LogP contribution in [-0.2, 0) is 10.0 Å². The molecule has 3 rings (SSSR count). The highest BCUT2D eigenvalue weighted by Crippen LogP contribution is 2.27. The van der Waals surface area contributed by atoms with Crippen LogP contribution in [0.15, 0.2) is 51.8 Å². The zero-order valence-electron chi connectivity index (χ0n) is 12.0. The molecule has 0 saturated carbocycles. The van der Waals surface area contributed by atoms with E-state index in [4.69, 9.17) is 9.15 Å². The lowest BCUT2D eigenvalue weighted by Gasteiger charge is -2.11. The van der Waals surface area contributed by atoms with E-state index in [1.165, 1.54) is 19.2 Å². The SMILES string of the molecule is COc1ccccc1NS(=O)(=O)c1ccc2nc(C)oc2c1. The molecule has 0 aliphatic rings. The van der Waals surface area contributed by atoms with Crippen molar-refractivity contribution in [1.82, 2.24) is 4.98 Å². The number of aromatic nitrogens is 1. The Bertz CT molecular complexity index is 932. The Balaban J connectivity index is 2.00. The van der Waals surface area contributed by atoms with Gasteiger partial charge in [-0.05, 0) is 24.3 Å². The Hall–Kier alpha value is -2.54. The van der Waals surface area contributed by atoms with Gasteiger partial charge in [0.05, 0.1) is 17.7 Å². The van der Waals surface area contributed by atoms with Crippen LogP contribution in [0.25, 0.3) is 11.1 Å². The van der Waals surface area contributed by atoms with Crippen LogP contribution in [0.4, 0.5) is 5.69 Å². The number of rotatable bonds is 4. The van der Waals surface area contributed by atoms with Crippen LogP contribution >= 0.6 is 0 Å². The van der Waals surface area contributed by atoms with Crippen molar-refractivity contribution in [2.45, 2.75) is 11.8 Å². The number of benzene rings is 2. The van der Waals surface area contributed by atoms with Crippen LogP contribution in [0.3, 0.4) is 0 Å². The highest BCUT2D eigenvalue weighted by atomic mass is 32.2. The fourth-order valence-corrected chi connectivity index (χ4v) is 3.21. The number of fused-ring (bicyclic) bond motifs is 1. The van der Waals surface area contributed by atoms with Gasteiger partial charge in [0, 0.05) is 13.0 Å². The maximum Gasteiger partial charge on any atom is 0.262 e. The molecule has 3 aromatic rings. The van der Waals surface area contributed by atoms with Gasteiger partial charge in [-0.2, -0.15) is 0 Å². The summed E-state index contributed by atoms with van der Waals surface area (Å²) in [6.07, 6.45) is 0. The minimum atomic E-state index is -3.75. The molecule has 1 aromatic heterocycles. The lowest BCUT2D eigenvalue weighted by Crippen LogP contribution is -2.13. The molecule has 0 aliphatic heterocycles. The summed E-state index contributed by atoms with van der Waals surface area (Å²) in [5.74, 6) is 0.935. The first kappa shape index (κ1) is 14.4. The van der Waals surface area contributed by atoms with E-state index < -0.39 is 10.0 Å². The molecule has 0 amide bonds. The van der Waals surface area contributed by atoms with Crippen LogP contribution in [0, 0.1) is 6.92 Å². The fraction of sp³-hybridized carbons (Fsp3) is 0.133. The number of nitrogens with zero attached hydrogens (tertiary/aromatic N) is 1. The van der Waals surface area contributed by atoms with Crippen molar-refractivity contribution in [2.24, 2.45) is 0 Å². The predicted molar refractivity (Wildman–Crippen MR) is 82.5 cm³/mol. The summed E-state index contributed by atoms with van der Waals surface area (Å²) < 4.78 is 38.0. The third-order valence-electron chi connectivity index (χ3n) is 3.13. The van der Waals surface area contributed by atoms with Crippen molar-refractivity contribution in [3.8, 4) is 5.75 Å². The molecule has 6 nitrogen and oxygen atoms in total. The molecule has 7 heteroatoms. The molecule has 114 valence electrons. The quantitative estimate of drug-likeness (QED) is 0.800. The second-order valence-corrected chi connectivity index (χ2v) is 6.35. The Morgan fingerprint density at radius 3 is 2.73 bits per heavy atom. The normalized spacial score (nSPS) is 11.5. The lowest BCUT2D eigenvalue weighted by molar-refractivity contribution is 0.417. The summed E-state index contributed by atoms with van der Waals surface area (Å²) in [4.78, 5) is 4.24. The number of sulfonamides is 1. The second-order valence-electron chi connectivity index (χ2n) is 4.67. The van der Waals surface area contributed by atoms with Crippen LogP contribution in [0.5, 0.6) is 5.75 Å².